The summed E-state index contributed by atoms with van der Waals surface area (Å²) in [7, 11) is -4.76. The van der Waals surface area contributed by atoms with E-state index in [2.05, 4.69) is 4.84 Å². The van der Waals surface area contributed by atoms with Crippen LogP contribution in [0, 0.1) is 0 Å². The fourth-order valence-corrected chi connectivity index (χ4v) is 1.99. The summed E-state index contributed by atoms with van der Waals surface area (Å²) in [5, 5.41) is -2.02. The predicted octanol–water partition coefficient (Wildman–Crippen LogP) is -2.27. The quantitative estimate of drug-likeness (QED) is 0.423. The van der Waals surface area contributed by atoms with E-state index in [1.165, 1.54) is 0 Å². The minimum atomic E-state index is -4.76. The van der Waals surface area contributed by atoms with Gasteiger partial charge in [-0.3, -0.25) is 18.9 Å². The van der Waals surface area contributed by atoms with Crippen LogP contribution in [-0.2, 0) is 34.1 Å². The average molecular weight is 294 g/mol. The lowest BCUT2D eigenvalue weighted by molar-refractivity contribution is -0.197. The number of rotatable bonds is 5. The van der Waals surface area contributed by atoms with Crippen molar-refractivity contribution in [2.24, 2.45) is 5.73 Å². The molecule has 0 bridgehead atoms. The van der Waals surface area contributed by atoms with Crippen molar-refractivity contribution in [1.82, 2.24) is 5.06 Å². The van der Waals surface area contributed by atoms with E-state index in [1.54, 1.807) is 0 Å². The lowest BCUT2D eigenvalue weighted by atomic mass is 10.3. The highest BCUT2D eigenvalue weighted by atomic mass is 32.2. The Morgan fingerprint density at radius 3 is 2.37 bits per heavy atom. The standard InChI is InChI=1S/C8H10N2O8S/c9-5(11)1-2-7(13)18-10-6(12)3-4(8(10)14)19(15,16)17/h4H,1-3H2,(H2,9,11)(H,15,16,17). The van der Waals surface area contributed by atoms with Crippen LogP contribution in [0.1, 0.15) is 19.3 Å². The van der Waals surface area contributed by atoms with E-state index in [1.807, 2.05) is 0 Å². The average Bonchev–Trinajstić information content (AvgIpc) is 2.54. The topological polar surface area (TPSA) is 161 Å². The molecule has 1 heterocycles. The molecule has 0 aromatic carbocycles. The van der Waals surface area contributed by atoms with Crippen LogP contribution < -0.4 is 5.73 Å². The van der Waals surface area contributed by atoms with Crippen LogP contribution in [0.4, 0.5) is 0 Å². The van der Waals surface area contributed by atoms with Gasteiger partial charge in [0.2, 0.25) is 5.91 Å². The van der Waals surface area contributed by atoms with Crippen LogP contribution in [0.25, 0.3) is 0 Å². The fraction of sp³-hybridized carbons (Fsp3) is 0.500. The molecule has 1 aliphatic rings. The van der Waals surface area contributed by atoms with Crippen molar-refractivity contribution in [2.75, 3.05) is 0 Å². The van der Waals surface area contributed by atoms with Crippen molar-refractivity contribution in [3.05, 3.63) is 0 Å². The molecule has 0 spiro atoms. The molecular weight excluding hydrogens is 284 g/mol. The summed E-state index contributed by atoms with van der Waals surface area (Å²) < 4.78 is 30.3. The molecule has 3 amide bonds. The van der Waals surface area contributed by atoms with Gasteiger partial charge in [0.05, 0.1) is 12.8 Å². The van der Waals surface area contributed by atoms with Gasteiger partial charge < -0.3 is 10.6 Å². The van der Waals surface area contributed by atoms with Crippen LogP contribution >= 0.6 is 0 Å². The maximum atomic E-state index is 11.4. The normalized spacial score (nSPS) is 19.6. The Kier molecular flexibility index (Phi) is 4.21. The molecule has 11 heteroatoms. The maximum Gasteiger partial charge on any atom is 0.333 e. The Morgan fingerprint density at radius 1 is 1.37 bits per heavy atom. The number of hydrogen-bond donors (Lipinski definition) is 2. The summed E-state index contributed by atoms with van der Waals surface area (Å²) in [4.78, 5) is 48.6. The second-order valence-electron chi connectivity index (χ2n) is 3.66. The van der Waals surface area contributed by atoms with Gasteiger partial charge in [-0.25, -0.2) is 4.79 Å². The number of hydrogen-bond acceptors (Lipinski definition) is 7. The van der Waals surface area contributed by atoms with Crippen LogP contribution in [0.15, 0.2) is 0 Å². The van der Waals surface area contributed by atoms with Gasteiger partial charge in [0.15, 0.2) is 5.25 Å². The lowest BCUT2D eigenvalue weighted by Crippen LogP contribution is -2.36. The fourth-order valence-electron chi connectivity index (χ4n) is 1.28. The zero-order chi connectivity index (χ0) is 14.8. The molecule has 1 atom stereocenters. The largest absolute Gasteiger partial charge is 0.370 e. The van der Waals surface area contributed by atoms with Crippen molar-refractivity contribution < 1.29 is 37.0 Å². The predicted molar refractivity (Wildman–Crippen MR) is 56.3 cm³/mol. The van der Waals surface area contributed by atoms with E-state index in [4.69, 9.17) is 10.3 Å². The third kappa shape index (κ3) is 3.72. The zero-order valence-electron chi connectivity index (χ0n) is 9.44. The molecule has 0 saturated carbocycles. The zero-order valence-corrected chi connectivity index (χ0v) is 10.3. The van der Waals surface area contributed by atoms with Crippen molar-refractivity contribution in [3.63, 3.8) is 0 Å². The minimum absolute atomic E-state index is 0.0399. The maximum absolute atomic E-state index is 11.4. The smallest absolute Gasteiger partial charge is 0.333 e. The first-order chi connectivity index (χ1) is 8.62. The summed E-state index contributed by atoms with van der Waals surface area (Å²) in [5.74, 6) is -4.33. The molecule has 0 aromatic rings. The highest BCUT2D eigenvalue weighted by Gasteiger charge is 2.48. The Hall–Kier alpha value is -2.01. The molecule has 10 nitrogen and oxygen atoms in total. The van der Waals surface area contributed by atoms with Gasteiger partial charge in [0, 0.05) is 6.42 Å². The molecule has 1 aliphatic heterocycles. The highest BCUT2D eigenvalue weighted by molar-refractivity contribution is 7.87. The number of carbonyl (C=O) groups is 4. The first kappa shape index (κ1) is 15.0. The number of primary amides is 1. The number of amides is 3. The summed E-state index contributed by atoms with van der Waals surface area (Å²) in [6.45, 7) is 0. The molecular formula is C8H10N2O8S. The van der Waals surface area contributed by atoms with Gasteiger partial charge in [-0.15, -0.1) is 5.06 Å². The van der Waals surface area contributed by atoms with E-state index in [0.29, 0.717) is 0 Å². The van der Waals surface area contributed by atoms with Gasteiger partial charge in [-0.1, -0.05) is 0 Å². The van der Waals surface area contributed by atoms with E-state index in [0.717, 1.165) is 0 Å². The van der Waals surface area contributed by atoms with Crippen molar-refractivity contribution in [2.45, 2.75) is 24.5 Å². The third-order valence-electron chi connectivity index (χ3n) is 2.19. The van der Waals surface area contributed by atoms with Gasteiger partial charge in [-0.2, -0.15) is 8.42 Å². The van der Waals surface area contributed by atoms with Gasteiger partial charge >= 0.3 is 5.97 Å². The first-order valence-electron chi connectivity index (χ1n) is 4.95. The van der Waals surface area contributed by atoms with Crippen LogP contribution in [-0.4, -0.2) is 47.0 Å². The third-order valence-corrected chi connectivity index (χ3v) is 3.28. The van der Waals surface area contributed by atoms with Crippen molar-refractivity contribution >= 4 is 33.8 Å². The Balaban J connectivity index is 2.70. The molecule has 19 heavy (non-hydrogen) atoms. The molecule has 0 aromatic heterocycles. The van der Waals surface area contributed by atoms with Crippen molar-refractivity contribution in [3.8, 4) is 0 Å². The van der Waals surface area contributed by atoms with Crippen LogP contribution in [0.2, 0.25) is 0 Å². The molecule has 106 valence electrons. The molecule has 1 saturated heterocycles. The number of nitrogens with zero attached hydrogens (tertiary/aromatic N) is 1. The monoisotopic (exact) mass is 294 g/mol. The number of hydroxylamine groups is 2. The molecule has 3 N–H and O–H groups in total. The Bertz CT molecular complexity index is 539. The highest BCUT2D eigenvalue weighted by Crippen LogP contribution is 2.19. The van der Waals surface area contributed by atoms with Gasteiger partial charge in [-0.05, 0) is 0 Å². The number of carbonyl (C=O) groups excluding carboxylic acids is 4. The molecule has 0 aliphatic carbocycles. The Morgan fingerprint density at radius 2 is 1.95 bits per heavy atom. The lowest BCUT2D eigenvalue weighted by Gasteiger charge is -2.12. The second kappa shape index (κ2) is 5.32. The summed E-state index contributed by atoms with van der Waals surface area (Å²) in [5.41, 5.74) is 4.78. The number of nitrogens with two attached hydrogens (primary N) is 1. The summed E-state index contributed by atoms with van der Waals surface area (Å²) in [6.07, 6.45) is -1.64. The minimum Gasteiger partial charge on any atom is -0.370 e. The van der Waals surface area contributed by atoms with Gasteiger partial charge in [0.1, 0.15) is 0 Å². The molecule has 1 fully saturated rings. The first-order valence-corrected chi connectivity index (χ1v) is 6.45. The van der Waals surface area contributed by atoms with Crippen LogP contribution in [0.3, 0.4) is 0 Å². The van der Waals surface area contributed by atoms with Crippen molar-refractivity contribution in [1.29, 1.82) is 0 Å². The number of imide groups is 1. The van der Waals surface area contributed by atoms with E-state index in [-0.39, 0.29) is 11.5 Å². The molecule has 1 unspecified atom stereocenters. The second-order valence-corrected chi connectivity index (χ2v) is 5.26. The molecule has 1 rings (SSSR count). The van der Waals surface area contributed by atoms with E-state index in [9.17, 15) is 27.6 Å². The Labute approximate surface area is 107 Å². The van der Waals surface area contributed by atoms with Gasteiger partial charge in [0.25, 0.3) is 21.9 Å². The SMILES string of the molecule is NC(=O)CCC(=O)ON1C(=O)CC(S(=O)(=O)O)C1=O. The summed E-state index contributed by atoms with van der Waals surface area (Å²) >= 11 is 0. The summed E-state index contributed by atoms with van der Waals surface area (Å²) in [6, 6.07) is 0. The van der Waals surface area contributed by atoms with E-state index < -0.39 is 51.9 Å². The van der Waals surface area contributed by atoms with E-state index >= 15 is 0 Å². The van der Waals surface area contributed by atoms with Crippen LogP contribution in [0.5, 0.6) is 0 Å². The molecule has 0 radical (unpaired) electrons.